The molecule has 54 heavy (non-hydrogen) atoms. The predicted molar refractivity (Wildman–Crippen MR) is 187 cm³/mol. The Labute approximate surface area is 311 Å². The van der Waals surface area contributed by atoms with Gasteiger partial charge in [-0.05, 0) is 19.9 Å². The summed E-state index contributed by atoms with van der Waals surface area (Å²) in [5.74, 6) is -1.14. The molecule has 1 saturated heterocycles. The number of nitrogens with zero attached hydrogens (tertiary/aromatic N) is 4. The molecule has 3 rings (SSSR count). The van der Waals surface area contributed by atoms with Crippen LogP contribution in [-0.4, -0.2) is 123 Å². The highest BCUT2D eigenvalue weighted by Gasteiger charge is 2.57. The van der Waals surface area contributed by atoms with Gasteiger partial charge in [-0.25, -0.2) is 28.6 Å². The smallest absolute Gasteiger partial charge is 0.385 e. The van der Waals surface area contributed by atoms with E-state index in [0.29, 0.717) is 5.75 Å². The number of aliphatic hydroxyl groups excluding tert-OH is 2. The van der Waals surface area contributed by atoms with Crippen LogP contribution in [0.2, 0.25) is 0 Å². The van der Waals surface area contributed by atoms with Crippen LogP contribution in [0.25, 0.3) is 11.2 Å². The van der Waals surface area contributed by atoms with Gasteiger partial charge in [-0.3, -0.25) is 32.5 Å². The number of anilines is 1. The normalized spacial score (nSPS) is 23.6. The molecule has 1 fully saturated rings. The van der Waals surface area contributed by atoms with Gasteiger partial charge in [0.2, 0.25) is 16.9 Å². The van der Waals surface area contributed by atoms with Gasteiger partial charge in [0.15, 0.2) is 17.2 Å². The van der Waals surface area contributed by atoms with Crippen molar-refractivity contribution in [1.29, 1.82) is 0 Å². The second kappa shape index (κ2) is 18.5. The maximum absolute atomic E-state index is 12.7. The van der Waals surface area contributed by atoms with Crippen LogP contribution < -0.4 is 16.4 Å². The van der Waals surface area contributed by atoms with Crippen molar-refractivity contribution in [1.82, 2.24) is 30.2 Å². The molecule has 0 aromatic carbocycles. The topological polar surface area (TPSA) is 364 Å². The van der Waals surface area contributed by atoms with Crippen LogP contribution in [0.3, 0.4) is 0 Å². The average Bonchev–Trinajstić information content (AvgIpc) is 3.60. The number of phosphoric ester groups is 3. The summed E-state index contributed by atoms with van der Waals surface area (Å²) in [5.41, 5.74) is 2.30. The molecule has 0 spiro atoms. The number of nitrogens with one attached hydrogen (secondary N) is 2. The lowest BCUT2D eigenvalue weighted by Gasteiger charge is -2.30. The van der Waals surface area contributed by atoms with E-state index in [2.05, 4.69) is 29.9 Å². The van der Waals surface area contributed by atoms with Gasteiger partial charge >= 0.3 is 23.5 Å². The van der Waals surface area contributed by atoms with Gasteiger partial charge in [-0.2, -0.15) is 4.31 Å². The van der Waals surface area contributed by atoms with E-state index in [1.54, 1.807) is 13.0 Å². The van der Waals surface area contributed by atoms with Crippen molar-refractivity contribution in [2.45, 2.75) is 64.3 Å². The molecule has 7 unspecified atom stereocenters. The lowest BCUT2D eigenvalue weighted by molar-refractivity contribution is -0.137. The Morgan fingerprint density at radius 2 is 1.78 bits per heavy atom. The van der Waals surface area contributed by atoms with E-state index >= 15 is 0 Å². The van der Waals surface area contributed by atoms with Crippen LogP contribution in [0.5, 0.6) is 0 Å². The molecule has 2 amide bonds. The van der Waals surface area contributed by atoms with Crippen LogP contribution in [0.15, 0.2) is 24.8 Å². The zero-order valence-corrected chi connectivity index (χ0v) is 32.7. The van der Waals surface area contributed by atoms with Gasteiger partial charge in [-0.1, -0.05) is 31.7 Å². The monoisotopic (exact) mass is 849 g/mol. The highest BCUT2D eigenvalue weighted by Crippen LogP contribution is 2.61. The molecule has 2 aromatic rings. The number of fused-ring (bicyclic) bond motifs is 1. The van der Waals surface area contributed by atoms with E-state index in [1.165, 1.54) is 26.8 Å². The van der Waals surface area contributed by atoms with Crippen molar-refractivity contribution in [3.63, 3.8) is 0 Å². The first-order chi connectivity index (χ1) is 24.9. The molecule has 0 radical (unpaired) electrons. The van der Waals surface area contributed by atoms with Crippen LogP contribution >= 0.6 is 35.2 Å². The Hall–Kier alpha value is -2.70. The third-order valence-corrected chi connectivity index (χ3v) is 11.5. The number of carbonyl (C=O) groups excluding carboxylic acids is 3. The minimum Gasteiger partial charge on any atom is -0.385 e. The zero-order valence-electron chi connectivity index (χ0n) is 29.2. The summed E-state index contributed by atoms with van der Waals surface area (Å²) in [6.45, 7) is 3.39. The van der Waals surface area contributed by atoms with Gasteiger partial charge in [0.25, 0.3) is 0 Å². The number of nitrogen functional groups attached to an aromatic ring is 1. The number of imidazole rings is 1. The summed E-state index contributed by atoms with van der Waals surface area (Å²) in [6, 6.07) is 0. The summed E-state index contributed by atoms with van der Waals surface area (Å²) in [6.07, 6.45) is -2.53. The van der Waals surface area contributed by atoms with Crippen molar-refractivity contribution in [2.24, 2.45) is 5.41 Å². The molecule has 2 aromatic heterocycles. The molecule has 0 aliphatic carbocycles. The van der Waals surface area contributed by atoms with Gasteiger partial charge in [0.1, 0.15) is 36.3 Å². The Morgan fingerprint density at radius 1 is 1.11 bits per heavy atom. The first kappa shape index (κ1) is 45.7. The lowest BCUT2D eigenvalue weighted by atomic mass is 9.87. The number of allylic oxidation sites excluding steroid dienone is 1. The first-order valence-corrected chi connectivity index (χ1v) is 21.1. The third-order valence-electron chi connectivity index (χ3n) is 7.53. The molecule has 0 saturated carbocycles. The van der Waals surface area contributed by atoms with E-state index in [0.717, 1.165) is 29.0 Å². The number of amides is 2. The number of nitrogens with two attached hydrogens (primary N) is 1. The first-order valence-electron chi connectivity index (χ1n) is 15.6. The summed E-state index contributed by atoms with van der Waals surface area (Å²) in [4.78, 5) is 87.1. The van der Waals surface area contributed by atoms with Crippen molar-refractivity contribution >= 4 is 69.1 Å². The van der Waals surface area contributed by atoms with E-state index < -0.39 is 84.1 Å². The molecule has 3 heterocycles. The third kappa shape index (κ3) is 12.7. The van der Waals surface area contributed by atoms with E-state index in [1.807, 2.05) is 0 Å². The van der Waals surface area contributed by atoms with E-state index in [-0.39, 0.29) is 41.6 Å². The summed E-state index contributed by atoms with van der Waals surface area (Å²) >= 11 is 1.01. The fourth-order valence-electron chi connectivity index (χ4n) is 4.78. The lowest BCUT2D eigenvalue weighted by Crippen LogP contribution is -2.46. The fourth-order valence-corrected chi connectivity index (χ4v) is 8.24. The Kier molecular flexibility index (Phi) is 15.6. The second-order valence-electron chi connectivity index (χ2n) is 12.3. The van der Waals surface area contributed by atoms with Crippen LogP contribution in [0.1, 0.15) is 34.1 Å². The highest BCUT2D eigenvalue weighted by molar-refractivity contribution is 8.14. The quantitative estimate of drug-likeness (QED) is 0.0457. The van der Waals surface area contributed by atoms with E-state index in [4.69, 9.17) is 24.0 Å². The number of ether oxygens (including phenoxy) is 1. The molecule has 1 aliphatic heterocycles. The van der Waals surface area contributed by atoms with Crippen molar-refractivity contribution in [2.75, 3.05) is 37.8 Å². The van der Waals surface area contributed by atoms with Gasteiger partial charge < -0.3 is 50.9 Å². The molecule has 7 atom stereocenters. The van der Waals surface area contributed by atoms with E-state index in [9.17, 15) is 57.9 Å². The van der Waals surface area contributed by atoms with Crippen molar-refractivity contribution in [3.05, 3.63) is 24.8 Å². The van der Waals surface area contributed by atoms with Crippen LogP contribution in [0.4, 0.5) is 5.82 Å². The number of hydrogen-bond acceptors (Lipinski definition) is 18. The molecule has 10 N–H and O–H groups in total. The molecule has 28 heteroatoms. The Morgan fingerprint density at radius 3 is 2.43 bits per heavy atom. The average molecular weight is 850 g/mol. The largest absolute Gasteiger partial charge is 0.481 e. The highest BCUT2D eigenvalue weighted by atomic mass is 32.2. The fraction of sp³-hybridized carbons (Fsp3) is 0.615. The van der Waals surface area contributed by atoms with Gasteiger partial charge in [0.05, 0.1) is 19.5 Å². The molecule has 0 bridgehead atoms. The number of hydrogen-bond donors (Lipinski definition) is 9. The number of phosphoric acid groups is 3. The molecule has 304 valence electrons. The number of aliphatic hydroxyl groups is 2. The minimum absolute atomic E-state index is 0.0185. The maximum atomic E-state index is 12.7. The molecular weight excluding hydrogens is 807 g/mol. The van der Waals surface area contributed by atoms with Crippen LogP contribution in [0, 0.1) is 5.41 Å². The van der Waals surface area contributed by atoms with Crippen LogP contribution in [-0.2, 0) is 56.4 Å². The second-order valence-corrected chi connectivity index (χ2v) is 17.6. The summed E-state index contributed by atoms with van der Waals surface area (Å²) in [7, 11) is -16.4. The molecule has 24 nitrogen and oxygen atoms in total. The Bertz CT molecular complexity index is 1840. The standard InChI is InChI=1S/C26H42N7O17P3S/c1-5-6-17(35)54-10-9-28-16(34)7-8-29-24(38)21(37)25(2,3)12-47-53(44,45)50-52(42,43)46-11-15-19(49-51(39,40)41)20(36)26(4,48-15)33-14-32-18-22(27)30-13-31-23(18)33/h5-6,13-15,19-21,36-37H,7-12H2,1-4H3,(H,28,34)(H,29,38)(H,42,43)(H,44,45)(H2,27,30,31)(H2,39,40,41)/b6-5+. The molecular formula is C26H42N7O17P3S. The maximum Gasteiger partial charge on any atom is 0.481 e. The number of rotatable bonds is 20. The number of aromatic nitrogens is 4. The van der Waals surface area contributed by atoms with Crippen molar-refractivity contribution < 1.29 is 80.5 Å². The summed E-state index contributed by atoms with van der Waals surface area (Å²) in [5, 5.41) is 26.4. The van der Waals surface area contributed by atoms with Crippen molar-refractivity contribution in [3.8, 4) is 0 Å². The van der Waals surface area contributed by atoms with Gasteiger partial charge in [0, 0.05) is 30.7 Å². The SMILES string of the molecule is C/C=C/C(=O)SCCNC(=O)CCNC(=O)C(O)C(C)(C)COP(=O)(O)OP(=O)(O)OCC1OC(C)(n2cnc3c(N)ncnc32)C(O)C1OP(=O)(O)O. The number of thioether (sulfide) groups is 1. The Balaban J connectivity index is 1.56. The predicted octanol–water partition coefficient (Wildman–Crippen LogP) is -0.585. The summed E-state index contributed by atoms with van der Waals surface area (Å²) < 4.78 is 62.5. The molecule has 1 aliphatic rings. The number of carbonyl (C=O) groups is 3. The minimum atomic E-state index is -5.59. The zero-order chi connectivity index (χ0) is 40.7. The van der Waals surface area contributed by atoms with Gasteiger partial charge in [-0.15, -0.1) is 0 Å².